The van der Waals surface area contributed by atoms with Crippen LogP contribution >= 0.6 is 0 Å². The molecule has 0 amide bonds. The van der Waals surface area contributed by atoms with Gasteiger partial charge in [0.2, 0.25) is 0 Å². The third kappa shape index (κ3) is 5.10. The lowest BCUT2D eigenvalue weighted by atomic mass is 9.92. The summed E-state index contributed by atoms with van der Waals surface area (Å²) < 4.78 is 11.3. The predicted octanol–water partition coefficient (Wildman–Crippen LogP) is 2.63. The van der Waals surface area contributed by atoms with Crippen LogP contribution in [0.1, 0.15) is 51.9 Å². The Hall–Kier alpha value is -0.630. The first-order chi connectivity index (χ1) is 9.19. The van der Waals surface area contributed by atoms with Crippen LogP contribution in [-0.2, 0) is 9.47 Å². The van der Waals surface area contributed by atoms with Gasteiger partial charge in [-0.3, -0.25) is 0 Å². The van der Waals surface area contributed by atoms with Gasteiger partial charge in [-0.1, -0.05) is 6.92 Å². The van der Waals surface area contributed by atoms with Gasteiger partial charge in [-0.15, -0.1) is 0 Å². The molecular weight excluding hydrogens is 240 g/mol. The van der Waals surface area contributed by atoms with Crippen molar-refractivity contribution < 1.29 is 9.47 Å². The number of ether oxygens (including phenoxy) is 2. The van der Waals surface area contributed by atoms with E-state index in [4.69, 9.17) is 9.47 Å². The number of rotatable bonds is 8. The molecular formula is C15H28N2O2. The third-order valence-corrected chi connectivity index (χ3v) is 4.31. The van der Waals surface area contributed by atoms with E-state index in [1.807, 2.05) is 14.0 Å². The molecule has 0 spiro atoms. The molecule has 1 saturated carbocycles. The summed E-state index contributed by atoms with van der Waals surface area (Å²) in [5, 5.41) is 12.4. The Morgan fingerprint density at radius 3 is 2.68 bits per heavy atom. The van der Waals surface area contributed by atoms with E-state index in [-0.39, 0.29) is 5.54 Å². The van der Waals surface area contributed by atoms with Crippen molar-refractivity contribution in [3.8, 4) is 6.07 Å². The lowest BCUT2D eigenvalue weighted by molar-refractivity contribution is -0.0310. The fraction of sp³-hybridized carbons (Fsp3) is 0.933. The Balaban J connectivity index is 2.22. The van der Waals surface area contributed by atoms with E-state index in [0.29, 0.717) is 12.2 Å². The van der Waals surface area contributed by atoms with Crippen LogP contribution in [0.25, 0.3) is 0 Å². The lowest BCUT2D eigenvalue weighted by Gasteiger charge is -2.29. The molecule has 0 aromatic heterocycles. The zero-order valence-corrected chi connectivity index (χ0v) is 12.6. The van der Waals surface area contributed by atoms with Gasteiger partial charge in [0.05, 0.1) is 18.3 Å². The summed E-state index contributed by atoms with van der Waals surface area (Å²) >= 11 is 0. The van der Waals surface area contributed by atoms with Crippen molar-refractivity contribution >= 4 is 0 Å². The van der Waals surface area contributed by atoms with E-state index in [2.05, 4.69) is 11.4 Å². The van der Waals surface area contributed by atoms with Gasteiger partial charge in [0.25, 0.3) is 0 Å². The Bertz CT molecular complexity index is 284. The van der Waals surface area contributed by atoms with Gasteiger partial charge >= 0.3 is 0 Å². The van der Waals surface area contributed by atoms with Crippen molar-refractivity contribution in [3.63, 3.8) is 0 Å². The normalized spacial score (nSPS) is 26.6. The lowest BCUT2D eigenvalue weighted by Crippen LogP contribution is -2.41. The van der Waals surface area contributed by atoms with Crippen molar-refractivity contribution in [3.05, 3.63) is 0 Å². The molecule has 0 heterocycles. The van der Waals surface area contributed by atoms with E-state index in [0.717, 1.165) is 45.1 Å². The van der Waals surface area contributed by atoms with Crippen molar-refractivity contribution in [2.75, 3.05) is 20.8 Å². The van der Waals surface area contributed by atoms with E-state index >= 15 is 0 Å². The third-order valence-electron chi connectivity index (χ3n) is 4.31. The van der Waals surface area contributed by atoms with Crippen LogP contribution in [0.15, 0.2) is 0 Å². The van der Waals surface area contributed by atoms with E-state index in [1.165, 1.54) is 6.42 Å². The SMILES string of the molecule is CCC(C#N)(CCCOC1CCCC(OC)C1)NC. The second-order valence-corrected chi connectivity index (χ2v) is 5.42. The highest BCUT2D eigenvalue weighted by atomic mass is 16.5. The molecule has 0 saturated heterocycles. The summed E-state index contributed by atoms with van der Waals surface area (Å²) in [5.74, 6) is 0. The topological polar surface area (TPSA) is 54.3 Å². The minimum atomic E-state index is -0.384. The zero-order chi connectivity index (χ0) is 14.1. The maximum absolute atomic E-state index is 9.22. The largest absolute Gasteiger partial charge is 0.381 e. The standard InChI is InChI=1S/C15H28N2O2/c1-4-15(12-16,17-2)9-6-10-19-14-8-5-7-13(11-14)18-3/h13-14,17H,4-11H2,1-3H3. The van der Waals surface area contributed by atoms with Crippen molar-refractivity contribution in [1.29, 1.82) is 5.26 Å². The molecule has 1 aliphatic carbocycles. The molecule has 0 aromatic rings. The maximum Gasteiger partial charge on any atom is 0.106 e. The van der Waals surface area contributed by atoms with Gasteiger partial charge in [0, 0.05) is 13.7 Å². The molecule has 0 aromatic carbocycles. The second kappa shape index (κ2) is 8.52. The molecule has 1 aliphatic rings. The molecule has 19 heavy (non-hydrogen) atoms. The number of hydrogen-bond acceptors (Lipinski definition) is 4. The van der Waals surface area contributed by atoms with E-state index in [9.17, 15) is 5.26 Å². The summed E-state index contributed by atoms with van der Waals surface area (Å²) in [6.07, 6.45) is 7.81. The molecule has 1 N–H and O–H groups in total. The first-order valence-corrected chi connectivity index (χ1v) is 7.44. The van der Waals surface area contributed by atoms with Gasteiger partial charge < -0.3 is 14.8 Å². The van der Waals surface area contributed by atoms with Crippen molar-refractivity contribution in [2.45, 2.75) is 69.6 Å². The van der Waals surface area contributed by atoms with Crippen LogP contribution in [-0.4, -0.2) is 38.5 Å². The molecule has 110 valence electrons. The quantitative estimate of drug-likeness (QED) is 0.688. The minimum Gasteiger partial charge on any atom is -0.381 e. The highest BCUT2D eigenvalue weighted by Crippen LogP contribution is 2.23. The Morgan fingerprint density at radius 2 is 2.11 bits per heavy atom. The fourth-order valence-electron chi connectivity index (χ4n) is 2.76. The molecule has 1 rings (SSSR count). The van der Waals surface area contributed by atoms with Crippen LogP contribution in [0.4, 0.5) is 0 Å². The summed E-state index contributed by atoms with van der Waals surface area (Å²) in [7, 11) is 3.64. The number of nitrogens with zero attached hydrogens (tertiary/aromatic N) is 1. The molecule has 4 heteroatoms. The Labute approximate surface area is 117 Å². The first kappa shape index (κ1) is 16.4. The van der Waals surface area contributed by atoms with Gasteiger partial charge in [0.1, 0.15) is 5.54 Å². The molecule has 1 fully saturated rings. The van der Waals surface area contributed by atoms with Crippen LogP contribution in [0.3, 0.4) is 0 Å². The molecule has 3 atom stereocenters. The zero-order valence-electron chi connectivity index (χ0n) is 12.6. The van der Waals surface area contributed by atoms with Crippen LogP contribution in [0, 0.1) is 11.3 Å². The van der Waals surface area contributed by atoms with Gasteiger partial charge in [-0.2, -0.15) is 5.26 Å². The summed E-state index contributed by atoms with van der Waals surface area (Å²) in [6, 6.07) is 2.38. The molecule has 3 unspecified atom stereocenters. The highest BCUT2D eigenvalue weighted by molar-refractivity contribution is 5.05. The average molecular weight is 268 g/mol. The monoisotopic (exact) mass is 268 g/mol. The van der Waals surface area contributed by atoms with Crippen LogP contribution in [0.5, 0.6) is 0 Å². The smallest absolute Gasteiger partial charge is 0.106 e. The molecule has 4 nitrogen and oxygen atoms in total. The van der Waals surface area contributed by atoms with Crippen molar-refractivity contribution in [2.24, 2.45) is 0 Å². The molecule has 0 aliphatic heterocycles. The Kier molecular flexibility index (Phi) is 7.37. The van der Waals surface area contributed by atoms with E-state index < -0.39 is 0 Å². The number of nitrogens with one attached hydrogen (secondary N) is 1. The number of methoxy groups -OCH3 is 1. The van der Waals surface area contributed by atoms with Gasteiger partial charge in [-0.05, 0) is 52.0 Å². The van der Waals surface area contributed by atoms with E-state index in [1.54, 1.807) is 7.11 Å². The molecule has 0 radical (unpaired) electrons. The summed E-state index contributed by atoms with van der Waals surface area (Å²) in [6.45, 7) is 2.79. The maximum atomic E-state index is 9.22. The highest BCUT2D eigenvalue weighted by Gasteiger charge is 2.26. The summed E-state index contributed by atoms with van der Waals surface area (Å²) in [4.78, 5) is 0. The molecule has 0 bridgehead atoms. The fourth-order valence-corrected chi connectivity index (χ4v) is 2.76. The number of hydrogen-bond donors (Lipinski definition) is 1. The average Bonchev–Trinajstić information content (AvgIpc) is 2.48. The van der Waals surface area contributed by atoms with Crippen molar-refractivity contribution in [1.82, 2.24) is 5.32 Å². The minimum absolute atomic E-state index is 0.339. The first-order valence-electron chi connectivity index (χ1n) is 7.44. The van der Waals surface area contributed by atoms with Gasteiger partial charge in [0.15, 0.2) is 0 Å². The van der Waals surface area contributed by atoms with Gasteiger partial charge in [-0.25, -0.2) is 0 Å². The predicted molar refractivity (Wildman–Crippen MR) is 75.9 cm³/mol. The van der Waals surface area contributed by atoms with Crippen LogP contribution < -0.4 is 5.32 Å². The van der Waals surface area contributed by atoms with Crippen LogP contribution in [0.2, 0.25) is 0 Å². The number of nitriles is 1. The second-order valence-electron chi connectivity index (χ2n) is 5.42. The Morgan fingerprint density at radius 1 is 1.37 bits per heavy atom. The summed E-state index contributed by atoms with van der Waals surface area (Å²) in [5.41, 5.74) is -0.384.